The molecule has 1 saturated heterocycles. The van der Waals surface area contributed by atoms with Crippen molar-refractivity contribution in [2.24, 2.45) is 0 Å². The van der Waals surface area contributed by atoms with Crippen molar-refractivity contribution in [1.29, 1.82) is 0 Å². The molecule has 36 heavy (non-hydrogen) atoms. The quantitative estimate of drug-likeness (QED) is 0.367. The van der Waals surface area contributed by atoms with E-state index >= 15 is 0 Å². The number of nitrogens with one attached hydrogen (secondary N) is 3. The van der Waals surface area contributed by atoms with Gasteiger partial charge in [-0.25, -0.2) is 14.8 Å². The van der Waals surface area contributed by atoms with Crippen molar-refractivity contribution in [2.75, 3.05) is 41.0 Å². The first-order valence-corrected chi connectivity index (χ1v) is 12.2. The molecule has 190 valence electrons. The van der Waals surface area contributed by atoms with Gasteiger partial charge in [0.15, 0.2) is 0 Å². The summed E-state index contributed by atoms with van der Waals surface area (Å²) in [4.78, 5) is 23.3. The first-order valence-electron chi connectivity index (χ1n) is 12.2. The fourth-order valence-electron chi connectivity index (χ4n) is 4.02. The van der Waals surface area contributed by atoms with Gasteiger partial charge in [0.05, 0.1) is 12.8 Å². The zero-order chi connectivity index (χ0) is 25.5. The van der Waals surface area contributed by atoms with Crippen LogP contribution in [0.15, 0.2) is 54.9 Å². The predicted octanol–water partition coefficient (Wildman–Crippen LogP) is 6.12. The van der Waals surface area contributed by atoms with Gasteiger partial charge in [-0.05, 0) is 76.4 Å². The Morgan fingerprint density at radius 3 is 2.31 bits per heavy atom. The number of carbonyl (C=O) groups excluding carboxylic acids is 1. The molecule has 1 aliphatic heterocycles. The summed E-state index contributed by atoms with van der Waals surface area (Å²) in [6.07, 6.45) is 5.09. The van der Waals surface area contributed by atoms with Crippen LogP contribution in [0.25, 0.3) is 0 Å². The zero-order valence-corrected chi connectivity index (χ0v) is 21.3. The minimum absolute atomic E-state index is 0.125. The standard InChI is InChI=1S/C27H34N6O3/c1-27(2,3)32-24-17-25(29-18-28-24)36-21-11-8-19(9-12-21)30-26(34)31-20-10-13-22(23(16-20)35-4)33-14-6-5-7-15-33/h8-13,16-18H,5-7,14-15H2,1-4H3,(H,28,29,32)(H2,30,31,34). The van der Waals surface area contributed by atoms with Crippen molar-refractivity contribution >= 4 is 28.9 Å². The van der Waals surface area contributed by atoms with E-state index in [1.165, 1.54) is 25.6 Å². The number of amides is 2. The number of aromatic nitrogens is 2. The van der Waals surface area contributed by atoms with Crippen molar-refractivity contribution in [3.05, 3.63) is 54.9 Å². The molecule has 2 amide bonds. The first-order chi connectivity index (χ1) is 17.3. The highest BCUT2D eigenvalue weighted by molar-refractivity contribution is 6.00. The molecule has 9 heteroatoms. The summed E-state index contributed by atoms with van der Waals surface area (Å²) in [6, 6.07) is 14.2. The SMILES string of the molecule is COc1cc(NC(=O)Nc2ccc(Oc3cc(NC(C)(C)C)ncn3)cc2)ccc1N1CCCCC1. The lowest BCUT2D eigenvalue weighted by molar-refractivity contribution is 0.262. The first kappa shape index (κ1) is 25.1. The van der Waals surface area contributed by atoms with E-state index in [9.17, 15) is 4.79 Å². The van der Waals surface area contributed by atoms with Crippen LogP contribution >= 0.6 is 0 Å². The number of urea groups is 1. The van der Waals surface area contributed by atoms with Crippen LogP contribution < -0.4 is 30.3 Å². The molecular formula is C27H34N6O3. The van der Waals surface area contributed by atoms with Crippen LogP contribution in [0.5, 0.6) is 17.4 Å². The fourth-order valence-corrected chi connectivity index (χ4v) is 4.02. The molecule has 2 heterocycles. The van der Waals surface area contributed by atoms with Crippen molar-refractivity contribution in [3.63, 3.8) is 0 Å². The summed E-state index contributed by atoms with van der Waals surface area (Å²) in [5, 5.41) is 9.00. The van der Waals surface area contributed by atoms with Crippen LogP contribution in [0, 0.1) is 0 Å². The highest BCUT2D eigenvalue weighted by atomic mass is 16.5. The Bertz CT molecular complexity index is 1170. The monoisotopic (exact) mass is 490 g/mol. The Labute approximate surface area is 212 Å². The van der Waals surface area contributed by atoms with E-state index in [0.29, 0.717) is 28.8 Å². The molecule has 2 aromatic carbocycles. The summed E-state index contributed by atoms with van der Waals surface area (Å²) in [5.41, 5.74) is 2.23. The molecule has 0 radical (unpaired) electrons. The summed E-state index contributed by atoms with van der Waals surface area (Å²) < 4.78 is 11.4. The Hall–Kier alpha value is -4.01. The Kier molecular flexibility index (Phi) is 7.77. The number of rotatable bonds is 7. The average molecular weight is 491 g/mol. The number of benzene rings is 2. The number of nitrogens with zero attached hydrogens (tertiary/aromatic N) is 3. The third kappa shape index (κ3) is 7.00. The maximum absolute atomic E-state index is 12.6. The molecular weight excluding hydrogens is 456 g/mol. The minimum Gasteiger partial charge on any atom is -0.495 e. The summed E-state index contributed by atoms with van der Waals surface area (Å²) in [5.74, 6) is 2.46. The second-order valence-electron chi connectivity index (χ2n) is 9.76. The lowest BCUT2D eigenvalue weighted by Gasteiger charge is -2.30. The maximum Gasteiger partial charge on any atom is 0.323 e. The summed E-state index contributed by atoms with van der Waals surface area (Å²) in [7, 11) is 1.65. The van der Waals surface area contributed by atoms with Gasteiger partial charge in [0.2, 0.25) is 5.88 Å². The van der Waals surface area contributed by atoms with Gasteiger partial charge in [-0.15, -0.1) is 0 Å². The number of piperidine rings is 1. The predicted molar refractivity (Wildman–Crippen MR) is 144 cm³/mol. The van der Waals surface area contributed by atoms with Crippen LogP contribution in [-0.2, 0) is 0 Å². The molecule has 4 rings (SSSR count). The fraction of sp³-hybridized carbons (Fsp3) is 0.370. The number of hydrogen-bond acceptors (Lipinski definition) is 7. The van der Waals surface area contributed by atoms with Crippen LogP contribution in [-0.4, -0.2) is 41.7 Å². The highest BCUT2D eigenvalue weighted by Crippen LogP contribution is 2.33. The van der Waals surface area contributed by atoms with E-state index in [4.69, 9.17) is 9.47 Å². The van der Waals surface area contributed by atoms with Crippen molar-refractivity contribution in [2.45, 2.75) is 45.6 Å². The van der Waals surface area contributed by atoms with E-state index in [1.807, 2.05) is 18.2 Å². The molecule has 0 aliphatic carbocycles. The van der Waals surface area contributed by atoms with Crippen molar-refractivity contribution < 1.29 is 14.3 Å². The third-order valence-electron chi connectivity index (χ3n) is 5.61. The lowest BCUT2D eigenvalue weighted by atomic mass is 10.1. The molecule has 1 fully saturated rings. The minimum atomic E-state index is -0.342. The number of ether oxygens (including phenoxy) is 2. The molecule has 0 atom stereocenters. The summed E-state index contributed by atoms with van der Waals surface area (Å²) >= 11 is 0. The van der Waals surface area contributed by atoms with Crippen LogP contribution in [0.4, 0.5) is 27.7 Å². The maximum atomic E-state index is 12.6. The number of hydrogen-bond donors (Lipinski definition) is 3. The lowest BCUT2D eigenvalue weighted by Crippen LogP contribution is -2.29. The van der Waals surface area contributed by atoms with Crippen LogP contribution in [0.2, 0.25) is 0 Å². The summed E-state index contributed by atoms with van der Waals surface area (Å²) in [6.45, 7) is 8.21. The molecule has 9 nitrogen and oxygen atoms in total. The van der Waals surface area contributed by atoms with Gasteiger partial charge in [0.1, 0.15) is 23.6 Å². The third-order valence-corrected chi connectivity index (χ3v) is 5.61. The molecule has 0 unspecified atom stereocenters. The second-order valence-corrected chi connectivity index (χ2v) is 9.76. The van der Waals surface area contributed by atoms with Gasteiger partial charge in [-0.1, -0.05) is 0 Å². The molecule has 1 aromatic heterocycles. The smallest absolute Gasteiger partial charge is 0.323 e. The van der Waals surface area contributed by atoms with Gasteiger partial charge in [-0.2, -0.15) is 0 Å². The number of carbonyl (C=O) groups is 1. The van der Waals surface area contributed by atoms with E-state index in [1.54, 1.807) is 37.4 Å². The zero-order valence-electron chi connectivity index (χ0n) is 21.3. The molecule has 0 bridgehead atoms. The Balaban J connectivity index is 1.34. The average Bonchev–Trinajstić information content (AvgIpc) is 2.85. The van der Waals surface area contributed by atoms with Gasteiger partial charge in [-0.3, -0.25) is 0 Å². The van der Waals surface area contributed by atoms with Gasteiger partial charge in [0, 0.05) is 42.1 Å². The van der Waals surface area contributed by atoms with Crippen molar-refractivity contribution in [3.8, 4) is 17.4 Å². The Morgan fingerprint density at radius 1 is 0.917 bits per heavy atom. The van der Waals surface area contributed by atoms with E-state index in [0.717, 1.165) is 24.5 Å². The van der Waals surface area contributed by atoms with Crippen LogP contribution in [0.1, 0.15) is 40.0 Å². The second kappa shape index (κ2) is 11.2. The molecule has 3 aromatic rings. The molecule has 1 aliphatic rings. The number of anilines is 4. The van der Waals surface area contributed by atoms with E-state index in [2.05, 4.69) is 51.6 Å². The largest absolute Gasteiger partial charge is 0.495 e. The topological polar surface area (TPSA) is 101 Å². The van der Waals surface area contributed by atoms with Crippen molar-refractivity contribution in [1.82, 2.24) is 9.97 Å². The van der Waals surface area contributed by atoms with E-state index in [-0.39, 0.29) is 11.6 Å². The highest BCUT2D eigenvalue weighted by Gasteiger charge is 2.16. The number of methoxy groups -OCH3 is 1. The molecule has 0 spiro atoms. The molecule has 0 saturated carbocycles. The van der Waals surface area contributed by atoms with E-state index < -0.39 is 0 Å². The van der Waals surface area contributed by atoms with Gasteiger partial charge >= 0.3 is 6.03 Å². The van der Waals surface area contributed by atoms with Gasteiger partial charge < -0.3 is 30.3 Å². The van der Waals surface area contributed by atoms with Gasteiger partial charge in [0.25, 0.3) is 0 Å². The van der Waals surface area contributed by atoms with Crippen LogP contribution in [0.3, 0.4) is 0 Å². The normalized spacial score (nSPS) is 13.6. The molecule has 3 N–H and O–H groups in total. The Morgan fingerprint density at radius 2 is 1.61 bits per heavy atom.